The van der Waals surface area contributed by atoms with E-state index in [0.29, 0.717) is 17.9 Å². The van der Waals surface area contributed by atoms with Crippen molar-refractivity contribution in [1.29, 1.82) is 0 Å². The third-order valence-electron chi connectivity index (χ3n) is 2.84. The molecular formula is C14H13N3O2. The molecule has 2 aromatic heterocycles. The maximum absolute atomic E-state index is 11.7. The van der Waals surface area contributed by atoms with Crippen molar-refractivity contribution in [2.24, 2.45) is 0 Å². The van der Waals surface area contributed by atoms with Crippen LogP contribution in [0.5, 0.6) is 5.75 Å². The van der Waals surface area contributed by atoms with E-state index in [1.54, 1.807) is 13.1 Å². The lowest BCUT2D eigenvalue weighted by molar-refractivity contribution is 0.307. The molecule has 0 radical (unpaired) electrons. The highest BCUT2D eigenvalue weighted by molar-refractivity contribution is 5.46. The fourth-order valence-corrected chi connectivity index (χ4v) is 1.93. The number of hydrogen-bond acceptors (Lipinski definition) is 3. The average Bonchev–Trinajstić information content (AvgIpc) is 2.81. The number of aromatic amines is 1. The van der Waals surface area contributed by atoms with Gasteiger partial charge in [0.2, 0.25) is 0 Å². The summed E-state index contributed by atoms with van der Waals surface area (Å²) in [5, 5.41) is 2.88. The fraction of sp³-hybridized carbons (Fsp3) is 0.143. The Balaban J connectivity index is 1.92. The van der Waals surface area contributed by atoms with Crippen LogP contribution < -0.4 is 10.3 Å². The first kappa shape index (κ1) is 11.5. The molecule has 0 spiro atoms. The van der Waals surface area contributed by atoms with E-state index in [9.17, 15) is 4.79 Å². The zero-order valence-corrected chi connectivity index (χ0v) is 10.5. The molecule has 5 heteroatoms. The van der Waals surface area contributed by atoms with Crippen LogP contribution in [0.1, 0.15) is 11.3 Å². The fourth-order valence-electron chi connectivity index (χ4n) is 1.93. The number of rotatable bonds is 3. The lowest BCUT2D eigenvalue weighted by Gasteiger charge is -2.04. The molecule has 2 heterocycles. The first-order valence-electron chi connectivity index (χ1n) is 5.98. The average molecular weight is 255 g/mol. The van der Waals surface area contributed by atoms with Gasteiger partial charge in [-0.05, 0) is 19.1 Å². The Morgan fingerprint density at radius 3 is 2.89 bits per heavy atom. The summed E-state index contributed by atoms with van der Waals surface area (Å²) in [5.41, 5.74) is 2.05. The van der Waals surface area contributed by atoms with Gasteiger partial charge in [0, 0.05) is 18.0 Å². The first-order valence-corrected chi connectivity index (χ1v) is 5.98. The number of H-pyrrole nitrogens is 1. The number of hydrogen-bond donors (Lipinski definition) is 1. The molecule has 3 aromatic rings. The minimum Gasteiger partial charge on any atom is -0.489 e. The van der Waals surface area contributed by atoms with Crippen LogP contribution in [0.2, 0.25) is 0 Å². The van der Waals surface area contributed by atoms with Gasteiger partial charge in [-0.3, -0.25) is 9.89 Å². The van der Waals surface area contributed by atoms with E-state index < -0.39 is 0 Å². The Labute approximate surface area is 109 Å². The van der Waals surface area contributed by atoms with Crippen molar-refractivity contribution in [1.82, 2.24) is 14.6 Å². The Hall–Kier alpha value is -2.56. The number of aryl methyl sites for hydroxylation is 1. The summed E-state index contributed by atoms with van der Waals surface area (Å²) < 4.78 is 7.08. The van der Waals surface area contributed by atoms with E-state index in [-0.39, 0.29) is 5.56 Å². The highest BCUT2D eigenvalue weighted by atomic mass is 16.5. The minimum absolute atomic E-state index is 0.117. The number of fused-ring (bicyclic) bond motifs is 1. The van der Waals surface area contributed by atoms with Gasteiger partial charge in [0.25, 0.3) is 5.56 Å². The van der Waals surface area contributed by atoms with E-state index in [1.807, 2.05) is 30.3 Å². The number of aromatic nitrogens is 3. The second-order valence-corrected chi connectivity index (χ2v) is 4.30. The lowest BCUT2D eigenvalue weighted by Crippen LogP contribution is -2.14. The van der Waals surface area contributed by atoms with Crippen LogP contribution in [0.4, 0.5) is 0 Å². The first-order chi connectivity index (χ1) is 9.24. The largest absolute Gasteiger partial charge is 0.489 e. The van der Waals surface area contributed by atoms with Crippen molar-refractivity contribution in [3.8, 4) is 5.75 Å². The van der Waals surface area contributed by atoms with Gasteiger partial charge < -0.3 is 4.74 Å². The van der Waals surface area contributed by atoms with E-state index in [1.165, 1.54) is 10.6 Å². The molecule has 0 aliphatic rings. The van der Waals surface area contributed by atoms with Gasteiger partial charge in [-0.2, -0.15) is 0 Å². The molecule has 96 valence electrons. The van der Waals surface area contributed by atoms with Gasteiger partial charge in [-0.15, -0.1) is 0 Å². The molecule has 19 heavy (non-hydrogen) atoms. The summed E-state index contributed by atoms with van der Waals surface area (Å²) in [6.45, 7) is 2.17. The summed E-state index contributed by atoms with van der Waals surface area (Å²) >= 11 is 0. The number of nitrogens with one attached hydrogen (secondary N) is 1. The quantitative estimate of drug-likeness (QED) is 0.777. The highest BCUT2D eigenvalue weighted by Gasteiger charge is 2.08. The van der Waals surface area contributed by atoms with Crippen LogP contribution >= 0.6 is 0 Å². The van der Waals surface area contributed by atoms with Gasteiger partial charge in [-0.25, -0.2) is 9.50 Å². The van der Waals surface area contributed by atoms with Crippen molar-refractivity contribution >= 4 is 5.65 Å². The Kier molecular flexibility index (Phi) is 2.79. The minimum atomic E-state index is -0.117. The van der Waals surface area contributed by atoms with Crippen LogP contribution in [-0.2, 0) is 6.61 Å². The molecule has 0 saturated carbocycles. The number of nitrogens with zero attached hydrogens (tertiary/aromatic N) is 2. The van der Waals surface area contributed by atoms with Crippen LogP contribution in [-0.4, -0.2) is 14.6 Å². The summed E-state index contributed by atoms with van der Waals surface area (Å²) in [4.78, 5) is 16.1. The molecular weight excluding hydrogens is 242 g/mol. The molecule has 3 rings (SSSR count). The third-order valence-corrected chi connectivity index (χ3v) is 2.84. The Morgan fingerprint density at radius 2 is 2.11 bits per heavy atom. The van der Waals surface area contributed by atoms with Gasteiger partial charge in [0.15, 0.2) is 5.65 Å². The van der Waals surface area contributed by atoms with E-state index in [2.05, 4.69) is 10.1 Å². The SMILES string of the molecule is Cc1cc(=O)n2[nH]cc(COc3ccccc3)c2n1. The van der Waals surface area contributed by atoms with Gasteiger partial charge in [0.1, 0.15) is 12.4 Å². The Morgan fingerprint density at radius 1 is 1.32 bits per heavy atom. The molecule has 0 bridgehead atoms. The predicted octanol–water partition coefficient (Wildman–Crippen LogP) is 1.91. The third kappa shape index (κ3) is 2.22. The van der Waals surface area contributed by atoms with Crippen LogP contribution in [0.3, 0.4) is 0 Å². The van der Waals surface area contributed by atoms with Gasteiger partial charge in [-0.1, -0.05) is 18.2 Å². The van der Waals surface area contributed by atoms with Crippen molar-refractivity contribution in [3.63, 3.8) is 0 Å². The molecule has 1 N–H and O–H groups in total. The molecule has 5 nitrogen and oxygen atoms in total. The molecule has 0 amide bonds. The predicted molar refractivity (Wildman–Crippen MR) is 71.3 cm³/mol. The number of benzene rings is 1. The Bertz CT molecular complexity index is 759. The summed E-state index contributed by atoms with van der Waals surface area (Å²) in [7, 11) is 0. The molecule has 0 fully saturated rings. The lowest BCUT2D eigenvalue weighted by atomic mass is 10.3. The molecule has 0 aliphatic carbocycles. The standard InChI is InChI=1S/C14H13N3O2/c1-10-7-13(18)17-14(16-10)11(8-15-17)9-19-12-5-3-2-4-6-12/h2-8,15H,9H2,1H3. The van der Waals surface area contributed by atoms with E-state index in [0.717, 1.165) is 11.3 Å². The van der Waals surface area contributed by atoms with Crippen molar-refractivity contribution < 1.29 is 4.74 Å². The molecule has 0 unspecified atom stereocenters. The molecule has 0 aliphatic heterocycles. The monoisotopic (exact) mass is 255 g/mol. The van der Waals surface area contributed by atoms with Crippen molar-refractivity contribution in [3.05, 3.63) is 64.2 Å². The number of para-hydroxylation sites is 1. The van der Waals surface area contributed by atoms with Crippen LogP contribution in [0, 0.1) is 6.92 Å². The number of ether oxygens (including phenoxy) is 1. The topological polar surface area (TPSA) is 59.4 Å². The zero-order valence-electron chi connectivity index (χ0n) is 10.5. The summed E-state index contributed by atoms with van der Waals surface area (Å²) in [6.07, 6.45) is 1.74. The maximum Gasteiger partial charge on any atom is 0.272 e. The van der Waals surface area contributed by atoms with Crippen molar-refractivity contribution in [2.75, 3.05) is 0 Å². The normalized spacial score (nSPS) is 10.8. The van der Waals surface area contributed by atoms with E-state index >= 15 is 0 Å². The van der Waals surface area contributed by atoms with Crippen molar-refractivity contribution in [2.45, 2.75) is 13.5 Å². The second-order valence-electron chi connectivity index (χ2n) is 4.30. The zero-order chi connectivity index (χ0) is 13.2. The molecule has 0 atom stereocenters. The smallest absolute Gasteiger partial charge is 0.272 e. The molecule has 0 saturated heterocycles. The summed E-state index contributed by atoms with van der Waals surface area (Å²) in [5.74, 6) is 0.789. The highest BCUT2D eigenvalue weighted by Crippen LogP contribution is 2.13. The van der Waals surface area contributed by atoms with Gasteiger partial charge in [0.05, 0.1) is 5.56 Å². The van der Waals surface area contributed by atoms with Crippen LogP contribution in [0.15, 0.2) is 47.4 Å². The summed E-state index contributed by atoms with van der Waals surface area (Å²) in [6, 6.07) is 11.0. The van der Waals surface area contributed by atoms with Gasteiger partial charge >= 0.3 is 0 Å². The maximum atomic E-state index is 11.7. The van der Waals surface area contributed by atoms with Crippen LogP contribution in [0.25, 0.3) is 5.65 Å². The molecule has 1 aromatic carbocycles. The second kappa shape index (κ2) is 4.61. The van der Waals surface area contributed by atoms with E-state index in [4.69, 9.17) is 4.74 Å².